The van der Waals surface area contributed by atoms with Crippen molar-refractivity contribution in [1.82, 2.24) is 14.5 Å². The highest BCUT2D eigenvalue weighted by molar-refractivity contribution is 5.81. The minimum absolute atomic E-state index is 0.269. The van der Waals surface area contributed by atoms with Crippen molar-refractivity contribution in [3.05, 3.63) is 17.7 Å². The first-order valence-corrected chi connectivity index (χ1v) is 7.10. The number of imidazole rings is 1. The molecule has 0 aliphatic carbocycles. The highest BCUT2D eigenvalue weighted by Crippen LogP contribution is 2.28. The van der Waals surface area contributed by atoms with Crippen molar-refractivity contribution < 1.29 is 4.79 Å². The number of nitrogens with zero attached hydrogens (tertiary/aromatic N) is 3. The van der Waals surface area contributed by atoms with E-state index < -0.39 is 0 Å². The summed E-state index contributed by atoms with van der Waals surface area (Å²) in [6.07, 6.45) is 3.99. The maximum atomic E-state index is 12.3. The van der Waals surface area contributed by atoms with Crippen LogP contribution in [0.5, 0.6) is 0 Å². The Kier molecular flexibility index (Phi) is 3.70. The van der Waals surface area contributed by atoms with Gasteiger partial charge in [0.2, 0.25) is 5.91 Å². The molecule has 1 fully saturated rings. The van der Waals surface area contributed by atoms with E-state index in [2.05, 4.69) is 23.4 Å². The van der Waals surface area contributed by atoms with Gasteiger partial charge in [0, 0.05) is 36.4 Å². The summed E-state index contributed by atoms with van der Waals surface area (Å²) < 4.78 is 2.32. The average molecular weight is 263 g/mol. The fraction of sp³-hybridized carbons (Fsp3) is 0.733. The largest absolute Gasteiger partial charge is 0.342 e. The van der Waals surface area contributed by atoms with Crippen LogP contribution in [0.25, 0.3) is 0 Å². The second kappa shape index (κ2) is 4.99. The minimum atomic E-state index is -0.270. The van der Waals surface area contributed by atoms with Crippen LogP contribution in [0.4, 0.5) is 0 Å². The Morgan fingerprint density at radius 3 is 2.26 bits per heavy atom. The molecular formula is C15H25N3O. The van der Waals surface area contributed by atoms with Crippen LogP contribution in [0.15, 0.2) is 6.20 Å². The van der Waals surface area contributed by atoms with Crippen molar-refractivity contribution in [3.8, 4) is 0 Å². The monoisotopic (exact) mass is 263 g/mol. The van der Waals surface area contributed by atoms with Crippen molar-refractivity contribution in [2.45, 2.75) is 53.5 Å². The van der Waals surface area contributed by atoms with Gasteiger partial charge in [0.1, 0.15) is 5.82 Å². The molecule has 0 N–H and O–H groups in total. The Morgan fingerprint density at radius 2 is 1.84 bits per heavy atom. The fourth-order valence-corrected chi connectivity index (χ4v) is 2.92. The van der Waals surface area contributed by atoms with Crippen molar-refractivity contribution >= 4 is 5.91 Å². The van der Waals surface area contributed by atoms with Crippen LogP contribution in [0, 0.1) is 19.3 Å². The predicted octanol–water partition coefficient (Wildman–Crippen LogP) is 2.71. The number of carbonyl (C=O) groups is 1. The number of hydrogen-bond acceptors (Lipinski definition) is 2. The number of rotatable bonds is 1. The molecule has 106 valence electrons. The highest BCUT2D eigenvalue weighted by Gasteiger charge is 2.31. The van der Waals surface area contributed by atoms with E-state index >= 15 is 0 Å². The van der Waals surface area contributed by atoms with Gasteiger partial charge in [0.05, 0.1) is 0 Å². The number of likely N-dealkylation sites (tertiary alicyclic amines) is 1. The standard InChI is InChI=1S/C15H25N3O/c1-11-10-16-12(2)18(11)13-6-8-17(9-7-13)14(19)15(3,4)5/h10,13H,6-9H2,1-5H3. The van der Waals surface area contributed by atoms with Gasteiger partial charge in [0.25, 0.3) is 0 Å². The molecule has 0 aromatic carbocycles. The number of piperidine rings is 1. The SMILES string of the molecule is Cc1cnc(C)n1C1CCN(C(=O)C(C)(C)C)CC1. The molecule has 4 nitrogen and oxygen atoms in total. The molecule has 1 saturated heterocycles. The van der Waals surface area contributed by atoms with E-state index in [-0.39, 0.29) is 11.3 Å². The molecule has 4 heteroatoms. The summed E-state index contributed by atoms with van der Waals surface area (Å²) in [5.41, 5.74) is 0.950. The van der Waals surface area contributed by atoms with E-state index in [4.69, 9.17) is 0 Å². The molecule has 0 saturated carbocycles. The predicted molar refractivity (Wildman–Crippen MR) is 76.0 cm³/mol. The average Bonchev–Trinajstić information content (AvgIpc) is 2.67. The Morgan fingerprint density at radius 1 is 1.26 bits per heavy atom. The van der Waals surface area contributed by atoms with Crippen LogP contribution < -0.4 is 0 Å². The van der Waals surface area contributed by atoms with Crippen molar-refractivity contribution in [2.75, 3.05) is 13.1 Å². The van der Waals surface area contributed by atoms with Crippen LogP contribution in [0.3, 0.4) is 0 Å². The van der Waals surface area contributed by atoms with Gasteiger partial charge in [-0.15, -0.1) is 0 Å². The van der Waals surface area contributed by atoms with Gasteiger partial charge in [-0.05, 0) is 26.7 Å². The molecule has 0 bridgehead atoms. The maximum absolute atomic E-state index is 12.3. The van der Waals surface area contributed by atoms with Gasteiger partial charge in [-0.1, -0.05) is 20.8 Å². The van der Waals surface area contributed by atoms with Crippen LogP contribution in [0.1, 0.15) is 51.2 Å². The third kappa shape index (κ3) is 2.82. The van der Waals surface area contributed by atoms with Gasteiger partial charge >= 0.3 is 0 Å². The van der Waals surface area contributed by atoms with E-state index in [0.717, 1.165) is 31.8 Å². The number of carbonyl (C=O) groups excluding carboxylic acids is 1. The number of aryl methyl sites for hydroxylation is 2. The maximum Gasteiger partial charge on any atom is 0.227 e. The number of aromatic nitrogens is 2. The van der Waals surface area contributed by atoms with Crippen LogP contribution in [-0.2, 0) is 4.79 Å². The lowest BCUT2D eigenvalue weighted by molar-refractivity contribution is -0.140. The Bertz CT molecular complexity index is 443. The van der Waals surface area contributed by atoms with E-state index in [1.54, 1.807) is 0 Å². The van der Waals surface area contributed by atoms with Gasteiger partial charge in [-0.25, -0.2) is 4.98 Å². The topological polar surface area (TPSA) is 38.1 Å². The lowest BCUT2D eigenvalue weighted by Crippen LogP contribution is -2.44. The van der Waals surface area contributed by atoms with E-state index in [0.29, 0.717) is 6.04 Å². The highest BCUT2D eigenvalue weighted by atomic mass is 16.2. The zero-order chi connectivity index (χ0) is 14.2. The molecule has 2 heterocycles. The zero-order valence-corrected chi connectivity index (χ0v) is 12.7. The second-order valence-corrected chi connectivity index (χ2v) is 6.59. The summed E-state index contributed by atoms with van der Waals surface area (Å²) in [7, 11) is 0. The quantitative estimate of drug-likeness (QED) is 0.781. The minimum Gasteiger partial charge on any atom is -0.342 e. The van der Waals surface area contributed by atoms with Gasteiger partial charge in [0.15, 0.2) is 0 Å². The van der Waals surface area contributed by atoms with Gasteiger partial charge in [-0.3, -0.25) is 4.79 Å². The second-order valence-electron chi connectivity index (χ2n) is 6.59. The lowest BCUT2D eigenvalue weighted by atomic mass is 9.93. The van der Waals surface area contributed by atoms with E-state index in [1.807, 2.05) is 31.9 Å². The Labute approximate surface area is 115 Å². The van der Waals surface area contributed by atoms with Crippen molar-refractivity contribution in [2.24, 2.45) is 5.41 Å². The van der Waals surface area contributed by atoms with E-state index in [9.17, 15) is 4.79 Å². The van der Waals surface area contributed by atoms with Crippen molar-refractivity contribution in [3.63, 3.8) is 0 Å². The first-order valence-electron chi connectivity index (χ1n) is 7.10. The van der Waals surface area contributed by atoms with Gasteiger partial charge in [-0.2, -0.15) is 0 Å². The molecule has 1 aliphatic rings. The smallest absolute Gasteiger partial charge is 0.227 e. The Hall–Kier alpha value is -1.32. The number of hydrogen-bond donors (Lipinski definition) is 0. The van der Waals surface area contributed by atoms with Crippen LogP contribution in [-0.4, -0.2) is 33.4 Å². The molecule has 1 aromatic heterocycles. The molecule has 1 amide bonds. The molecule has 1 aliphatic heterocycles. The summed E-state index contributed by atoms with van der Waals surface area (Å²) in [4.78, 5) is 18.6. The Balaban J connectivity index is 2.02. The van der Waals surface area contributed by atoms with Crippen LogP contribution >= 0.6 is 0 Å². The number of amides is 1. The molecule has 1 aromatic rings. The lowest BCUT2D eigenvalue weighted by Gasteiger charge is -2.36. The summed E-state index contributed by atoms with van der Waals surface area (Å²) in [6, 6.07) is 0.492. The first-order chi connectivity index (χ1) is 8.80. The molecule has 19 heavy (non-hydrogen) atoms. The summed E-state index contributed by atoms with van der Waals surface area (Å²) in [5.74, 6) is 1.35. The molecule has 2 rings (SSSR count). The molecule has 0 radical (unpaired) electrons. The van der Waals surface area contributed by atoms with Crippen LogP contribution in [0.2, 0.25) is 0 Å². The molecule has 0 spiro atoms. The first kappa shape index (κ1) is 14.1. The fourth-order valence-electron chi connectivity index (χ4n) is 2.92. The molecule has 0 unspecified atom stereocenters. The van der Waals surface area contributed by atoms with Gasteiger partial charge < -0.3 is 9.47 Å². The summed E-state index contributed by atoms with van der Waals surface area (Å²) >= 11 is 0. The third-order valence-corrected chi connectivity index (χ3v) is 3.93. The molecule has 0 atom stereocenters. The zero-order valence-electron chi connectivity index (χ0n) is 12.7. The summed E-state index contributed by atoms with van der Waals surface area (Å²) in [5, 5.41) is 0. The molecular weight excluding hydrogens is 238 g/mol. The van der Waals surface area contributed by atoms with E-state index in [1.165, 1.54) is 5.69 Å². The normalized spacial score (nSPS) is 17.8. The third-order valence-electron chi connectivity index (χ3n) is 3.93. The van der Waals surface area contributed by atoms with Crippen molar-refractivity contribution in [1.29, 1.82) is 0 Å². The summed E-state index contributed by atoms with van der Waals surface area (Å²) in [6.45, 7) is 11.9.